The Morgan fingerprint density at radius 2 is 2.00 bits per heavy atom. The number of carboxylic acid groups (broad SMARTS) is 1. The minimum absolute atomic E-state index is 0.235. The van der Waals surface area contributed by atoms with Crippen molar-refractivity contribution in [1.29, 1.82) is 0 Å². The maximum atomic E-state index is 11.7. The molecule has 0 spiro atoms. The van der Waals surface area contributed by atoms with Gasteiger partial charge in [-0.3, -0.25) is 0 Å². The number of rotatable bonds is 2. The average molecular weight is 257 g/mol. The molecule has 2 unspecified atom stereocenters. The third-order valence-corrected chi connectivity index (χ3v) is 3.41. The van der Waals surface area contributed by atoms with E-state index in [0.29, 0.717) is 19.3 Å². The Hall–Kier alpha value is -1.30. The fourth-order valence-electron chi connectivity index (χ4n) is 2.59. The van der Waals surface area contributed by atoms with Crippen molar-refractivity contribution in [2.45, 2.75) is 56.8 Å². The summed E-state index contributed by atoms with van der Waals surface area (Å²) in [5.41, 5.74) is -2.27. The van der Waals surface area contributed by atoms with Gasteiger partial charge in [-0.1, -0.05) is 0 Å². The average Bonchev–Trinajstić information content (AvgIpc) is 2.70. The Morgan fingerprint density at radius 3 is 2.39 bits per heavy atom. The quantitative estimate of drug-likeness (QED) is 0.778. The van der Waals surface area contributed by atoms with Gasteiger partial charge in [-0.2, -0.15) is 0 Å². The zero-order valence-electron chi connectivity index (χ0n) is 10.9. The molecule has 6 nitrogen and oxygen atoms in total. The van der Waals surface area contributed by atoms with E-state index in [9.17, 15) is 9.59 Å². The molecular weight excluding hydrogens is 238 g/mol. The lowest BCUT2D eigenvalue weighted by atomic mass is 9.99. The van der Waals surface area contributed by atoms with Crippen LogP contribution in [0.25, 0.3) is 0 Å². The van der Waals surface area contributed by atoms with Gasteiger partial charge in [-0.05, 0) is 33.6 Å². The van der Waals surface area contributed by atoms with Crippen LogP contribution >= 0.6 is 0 Å². The van der Waals surface area contributed by atoms with Gasteiger partial charge in [-0.15, -0.1) is 0 Å². The highest BCUT2D eigenvalue weighted by molar-refractivity contribution is 5.79. The van der Waals surface area contributed by atoms with E-state index in [1.165, 1.54) is 0 Å². The first-order chi connectivity index (χ1) is 8.17. The highest BCUT2D eigenvalue weighted by atomic mass is 16.6. The van der Waals surface area contributed by atoms with Crippen LogP contribution < -0.4 is 5.32 Å². The van der Waals surface area contributed by atoms with Crippen LogP contribution in [0.2, 0.25) is 0 Å². The molecular formula is C12H19NO5. The Kier molecular flexibility index (Phi) is 2.81. The van der Waals surface area contributed by atoms with Crippen LogP contribution in [0.3, 0.4) is 0 Å². The minimum atomic E-state index is -1.12. The van der Waals surface area contributed by atoms with E-state index < -0.39 is 28.8 Å². The number of carboxylic acids is 1. The number of hydrogen-bond donors (Lipinski definition) is 2. The van der Waals surface area contributed by atoms with E-state index in [1.54, 1.807) is 20.8 Å². The molecule has 0 aromatic rings. The summed E-state index contributed by atoms with van der Waals surface area (Å²) in [6.45, 7) is 5.58. The summed E-state index contributed by atoms with van der Waals surface area (Å²) >= 11 is 0. The number of fused-ring (bicyclic) bond motifs is 2. The SMILES string of the molecule is CC(C)(C)OC(=O)NC12CCC(C(=O)O)(C1)OC2. The number of nitrogens with one attached hydrogen (secondary N) is 1. The predicted molar refractivity (Wildman–Crippen MR) is 62.3 cm³/mol. The second-order valence-electron chi connectivity index (χ2n) is 6.17. The molecule has 2 aliphatic rings. The third kappa shape index (κ3) is 2.29. The molecule has 102 valence electrons. The largest absolute Gasteiger partial charge is 0.479 e. The summed E-state index contributed by atoms with van der Waals surface area (Å²) < 4.78 is 10.6. The van der Waals surface area contributed by atoms with Crippen LogP contribution in [0.1, 0.15) is 40.0 Å². The zero-order chi connectivity index (χ0) is 13.6. The maximum Gasteiger partial charge on any atom is 0.408 e. The van der Waals surface area contributed by atoms with Crippen LogP contribution in [0, 0.1) is 0 Å². The molecule has 0 aromatic heterocycles. The number of carbonyl (C=O) groups is 2. The second-order valence-corrected chi connectivity index (χ2v) is 6.17. The summed E-state index contributed by atoms with van der Waals surface area (Å²) in [6, 6.07) is 0. The molecule has 6 heteroatoms. The van der Waals surface area contributed by atoms with Gasteiger partial charge in [0.05, 0.1) is 12.1 Å². The summed E-state index contributed by atoms with van der Waals surface area (Å²) in [5.74, 6) is -0.951. The van der Waals surface area contributed by atoms with Gasteiger partial charge in [0.1, 0.15) is 5.60 Å². The van der Waals surface area contributed by atoms with Crippen molar-refractivity contribution >= 4 is 12.1 Å². The van der Waals surface area contributed by atoms with Gasteiger partial charge in [0.15, 0.2) is 5.60 Å². The van der Waals surface area contributed by atoms with Crippen molar-refractivity contribution in [2.24, 2.45) is 0 Å². The molecule has 1 heterocycles. The number of hydrogen-bond acceptors (Lipinski definition) is 4. The number of alkyl carbamates (subject to hydrolysis) is 1. The summed E-state index contributed by atoms with van der Waals surface area (Å²) in [5, 5.41) is 11.9. The standard InChI is InChI=1S/C12H19NO5/c1-10(2,3)18-9(16)13-11-4-5-12(6-11,8(14)15)17-7-11/h4-7H2,1-3H3,(H,13,16)(H,14,15). The number of ether oxygens (including phenoxy) is 2. The first kappa shape index (κ1) is 13.1. The van der Waals surface area contributed by atoms with E-state index in [0.717, 1.165) is 0 Å². The van der Waals surface area contributed by atoms with E-state index in [2.05, 4.69) is 5.32 Å². The zero-order valence-corrected chi connectivity index (χ0v) is 10.9. The minimum Gasteiger partial charge on any atom is -0.479 e. The van der Waals surface area contributed by atoms with Crippen molar-refractivity contribution in [2.75, 3.05) is 6.61 Å². The number of carbonyl (C=O) groups excluding carboxylic acids is 1. The number of aliphatic carboxylic acids is 1. The monoisotopic (exact) mass is 257 g/mol. The second kappa shape index (κ2) is 3.85. The normalized spacial score (nSPS) is 34.4. The van der Waals surface area contributed by atoms with Crippen LogP contribution in [-0.2, 0) is 14.3 Å². The summed E-state index contributed by atoms with van der Waals surface area (Å²) in [7, 11) is 0. The van der Waals surface area contributed by atoms with Crippen molar-refractivity contribution in [1.82, 2.24) is 5.32 Å². The predicted octanol–water partition coefficient (Wildman–Crippen LogP) is 1.29. The molecule has 0 aromatic carbocycles. The van der Waals surface area contributed by atoms with E-state index in [-0.39, 0.29) is 6.61 Å². The highest BCUT2D eigenvalue weighted by Crippen LogP contribution is 2.47. The first-order valence-electron chi connectivity index (χ1n) is 6.05. The molecule has 1 aliphatic heterocycles. The van der Waals surface area contributed by atoms with Gasteiger partial charge >= 0.3 is 12.1 Å². The van der Waals surface area contributed by atoms with E-state index in [4.69, 9.17) is 14.6 Å². The van der Waals surface area contributed by atoms with E-state index in [1.807, 2.05) is 0 Å². The van der Waals surface area contributed by atoms with Gasteiger partial charge in [0.2, 0.25) is 0 Å². The molecule has 1 saturated carbocycles. The lowest BCUT2D eigenvalue weighted by molar-refractivity contribution is -0.161. The Bertz CT molecular complexity index is 376. The van der Waals surface area contributed by atoms with Crippen molar-refractivity contribution in [3.63, 3.8) is 0 Å². The summed E-state index contributed by atoms with van der Waals surface area (Å²) in [4.78, 5) is 22.9. The third-order valence-electron chi connectivity index (χ3n) is 3.41. The molecule has 2 atom stereocenters. The molecule has 18 heavy (non-hydrogen) atoms. The smallest absolute Gasteiger partial charge is 0.408 e. The molecule has 2 fully saturated rings. The van der Waals surface area contributed by atoms with Crippen molar-refractivity contribution in [3.8, 4) is 0 Å². The molecule has 1 amide bonds. The van der Waals surface area contributed by atoms with Gasteiger partial charge < -0.3 is 19.9 Å². The van der Waals surface area contributed by atoms with E-state index >= 15 is 0 Å². The Morgan fingerprint density at radius 1 is 1.33 bits per heavy atom. The van der Waals surface area contributed by atoms with Crippen LogP contribution in [0.5, 0.6) is 0 Å². The molecule has 0 radical (unpaired) electrons. The van der Waals surface area contributed by atoms with Crippen LogP contribution in [0.15, 0.2) is 0 Å². The van der Waals surface area contributed by atoms with Crippen LogP contribution in [-0.4, -0.2) is 40.5 Å². The Labute approximate surface area is 106 Å². The fourth-order valence-corrected chi connectivity index (χ4v) is 2.59. The van der Waals surface area contributed by atoms with Gasteiger partial charge in [0, 0.05) is 6.42 Å². The Balaban J connectivity index is 2.00. The number of amides is 1. The first-order valence-corrected chi connectivity index (χ1v) is 6.05. The lowest BCUT2D eigenvalue weighted by Crippen LogP contribution is -2.49. The topological polar surface area (TPSA) is 84.9 Å². The highest BCUT2D eigenvalue weighted by Gasteiger charge is 2.61. The van der Waals surface area contributed by atoms with Crippen molar-refractivity contribution < 1.29 is 24.2 Å². The molecule has 2 N–H and O–H groups in total. The van der Waals surface area contributed by atoms with Crippen molar-refractivity contribution in [3.05, 3.63) is 0 Å². The van der Waals surface area contributed by atoms with Gasteiger partial charge in [-0.25, -0.2) is 9.59 Å². The van der Waals surface area contributed by atoms with Gasteiger partial charge in [0.25, 0.3) is 0 Å². The molecule has 1 aliphatic carbocycles. The molecule has 1 saturated heterocycles. The summed E-state index contributed by atoms with van der Waals surface area (Å²) in [6.07, 6.45) is 0.833. The van der Waals surface area contributed by atoms with Crippen LogP contribution in [0.4, 0.5) is 4.79 Å². The maximum absolute atomic E-state index is 11.7. The fraction of sp³-hybridized carbons (Fsp3) is 0.833. The molecule has 2 rings (SSSR count). The lowest BCUT2D eigenvalue weighted by Gasteiger charge is -2.29. The molecule has 2 bridgehead atoms.